The topological polar surface area (TPSA) is 54.7 Å². The van der Waals surface area contributed by atoms with E-state index < -0.39 is 0 Å². The monoisotopic (exact) mass is 307 g/mol. The summed E-state index contributed by atoms with van der Waals surface area (Å²) in [5.74, 6) is 0.876. The van der Waals surface area contributed by atoms with Gasteiger partial charge in [0, 0.05) is 4.47 Å². The van der Waals surface area contributed by atoms with E-state index >= 15 is 0 Å². The molecule has 0 amide bonds. The lowest BCUT2D eigenvalue weighted by Crippen LogP contribution is -2.11. The largest absolute Gasteiger partial charge is 0.341 e. The highest BCUT2D eigenvalue weighted by molar-refractivity contribution is 9.10. The maximum absolute atomic E-state index is 6.10. The fourth-order valence-electron chi connectivity index (χ4n) is 1.86. The first kappa shape index (κ1) is 13.3. The highest BCUT2D eigenvalue weighted by atomic mass is 79.9. The number of aromatic nitrogens is 2. The van der Waals surface area contributed by atoms with Crippen LogP contribution in [0.2, 0.25) is 0 Å². The summed E-state index contributed by atoms with van der Waals surface area (Å²) in [6.45, 7) is 2.17. The third-order valence-electron chi connectivity index (χ3n) is 2.97. The van der Waals surface area contributed by atoms with E-state index in [4.69, 9.17) is 5.73 Å². The van der Waals surface area contributed by atoms with Crippen molar-refractivity contribution in [3.63, 3.8) is 0 Å². The first-order valence-corrected chi connectivity index (χ1v) is 7.06. The van der Waals surface area contributed by atoms with E-state index in [9.17, 15) is 0 Å². The lowest BCUT2D eigenvalue weighted by molar-refractivity contribution is 0.580. The minimum Gasteiger partial charge on any atom is -0.341 e. The van der Waals surface area contributed by atoms with Crippen molar-refractivity contribution in [2.45, 2.75) is 32.2 Å². The average Bonchev–Trinajstić information content (AvgIpc) is 2.86. The molecule has 2 aromatic rings. The Kier molecular flexibility index (Phi) is 4.55. The van der Waals surface area contributed by atoms with Gasteiger partial charge in [0.05, 0.1) is 17.9 Å². The minimum atomic E-state index is 0.00847. The van der Waals surface area contributed by atoms with Gasteiger partial charge in [-0.2, -0.15) is 0 Å². The number of H-pyrrole nitrogens is 1. The fraction of sp³-hybridized carbons (Fsp3) is 0.357. The van der Waals surface area contributed by atoms with Crippen molar-refractivity contribution in [1.82, 2.24) is 9.97 Å². The van der Waals surface area contributed by atoms with E-state index in [0.717, 1.165) is 40.8 Å². The van der Waals surface area contributed by atoms with Gasteiger partial charge in [-0.1, -0.05) is 47.8 Å². The fourth-order valence-corrected chi connectivity index (χ4v) is 2.13. The molecule has 0 spiro atoms. The van der Waals surface area contributed by atoms with Gasteiger partial charge in [-0.25, -0.2) is 4.98 Å². The second-order valence-corrected chi connectivity index (χ2v) is 5.35. The van der Waals surface area contributed by atoms with Crippen LogP contribution in [0.3, 0.4) is 0 Å². The first-order valence-electron chi connectivity index (χ1n) is 6.27. The Morgan fingerprint density at radius 3 is 2.72 bits per heavy atom. The highest BCUT2D eigenvalue weighted by Gasteiger charge is 2.10. The summed E-state index contributed by atoms with van der Waals surface area (Å²) in [6, 6.07) is 8.16. The molecule has 18 heavy (non-hydrogen) atoms. The number of nitrogens with zero attached hydrogens (tertiary/aromatic N) is 1. The summed E-state index contributed by atoms with van der Waals surface area (Å²) in [4.78, 5) is 7.68. The molecule has 1 heterocycles. The molecule has 0 saturated heterocycles. The smallest absolute Gasteiger partial charge is 0.123 e. The number of unbranched alkanes of at least 4 members (excludes halogenated alkanes) is 1. The number of hydrogen-bond acceptors (Lipinski definition) is 2. The molecule has 0 bridgehead atoms. The third-order valence-corrected chi connectivity index (χ3v) is 3.50. The molecule has 4 heteroatoms. The number of halogens is 1. The number of hydrogen-bond donors (Lipinski definition) is 2. The van der Waals surface area contributed by atoms with Crippen molar-refractivity contribution in [3.8, 4) is 11.3 Å². The van der Waals surface area contributed by atoms with Gasteiger partial charge >= 0.3 is 0 Å². The first-order chi connectivity index (χ1) is 8.70. The van der Waals surface area contributed by atoms with E-state index in [-0.39, 0.29) is 6.04 Å². The van der Waals surface area contributed by atoms with Gasteiger partial charge in [0.2, 0.25) is 0 Å². The zero-order chi connectivity index (χ0) is 13.0. The van der Waals surface area contributed by atoms with Gasteiger partial charge in [-0.3, -0.25) is 0 Å². The zero-order valence-electron chi connectivity index (χ0n) is 10.5. The van der Waals surface area contributed by atoms with Crippen LogP contribution in [0.25, 0.3) is 11.3 Å². The normalized spacial score (nSPS) is 12.6. The van der Waals surface area contributed by atoms with Crippen LogP contribution >= 0.6 is 15.9 Å². The third kappa shape index (κ3) is 3.21. The molecule has 1 unspecified atom stereocenters. The Morgan fingerprint density at radius 1 is 1.33 bits per heavy atom. The standard InChI is InChI=1S/C14H18BrN3/c1-2-3-4-12(16)14-17-9-13(18-14)10-5-7-11(15)8-6-10/h5-9,12H,2-4,16H2,1H3,(H,17,18). The Hall–Kier alpha value is -1.13. The summed E-state index contributed by atoms with van der Waals surface area (Å²) >= 11 is 3.43. The molecule has 0 aliphatic rings. The minimum absolute atomic E-state index is 0.00847. The Bertz CT molecular complexity index is 490. The molecule has 3 N–H and O–H groups in total. The molecule has 1 atom stereocenters. The van der Waals surface area contributed by atoms with Crippen molar-refractivity contribution in [1.29, 1.82) is 0 Å². The summed E-state index contributed by atoms with van der Waals surface area (Å²) < 4.78 is 1.07. The zero-order valence-corrected chi connectivity index (χ0v) is 12.1. The maximum Gasteiger partial charge on any atom is 0.123 e. The van der Waals surface area contributed by atoms with Crippen LogP contribution in [0.15, 0.2) is 34.9 Å². The quantitative estimate of drug-likeness (QED) is 0.876. The predicted octanol–water partition coefficient (Wildman–Crippen LogP) is 4.03. The number of rotatable bonds is 5. The Morgan fingerprint density at radius 2 is 2.06 bits per heavy atom. The van der Waals surface area contributed by atoms with Crippen molar-refractivity contribution in [2.24, 2.45) is 5.73 Å². The molecule has 1 aromatic heterocycles. The van der Waals surface area contributed by atoms with E-state index in [0.29, 0.717) is 0 Å². The highest BCUT2D eigenvalue weighted by Crippen LogP contribution is 2.22. The number of benzene rings is 1. The van der Waals surface area contributed by atoms with Crippen LogP contribution in [0.5, 0.6) is 0 Å². The van der Waals surface area contributed by atoms with E-state index in [1.807, 2.05) is 18.3 Å². The second kappa shape index (κ2) is 6.16. The predicted molar refractivity (Wildman–Crippen MR) is 78.2 cm³/mol. The lowest BCUT2D eigenvalue weighted by atomic mass is 10.1. The number of nitrogens with one attached hydrogen (secondary N) is 1. The van der Waals surface area contributed by atoms with Crippen molar-refractivity contribution in [2.75, 3.05) is 0 Å². The van der Waals surface area contributed by atoms with Crippen LogP contribution in [0.1, 0.15) is 38.1 Å². The molecule has 0 fully saturated rings. The van der Waals surface area contributed by atoms with Crippen LogP contribution in [-0.2, 0) is 0 Å². The van der Waals surface area contributed by atoms with E-state index in [2.05, 4.69) is 45.0 Å². The molecule has 2 rings (SSSR count). The van der Waals surface area contributed by atoms with Gasteiger partial charge in [-0.15, -0.1) is 0 Å². The summed E-state index contributed by atoms with van der Waals surface area (Å²) in [6.07, 6.45) is 5.12. The van der Waals surface area contributed by atoms with Gasteiger partial charge < -0.3 is 10.7 Å². The molecule has 96 valence electrons. The van der Waals surface area contributed by atoms with E-state index in [1.165, 1.54) is 0 Å². The number of imidazole rings is 1. The number of aromatic amines is 1. The second-order valence-electron chi connectivity index (χ2n) is 4.44. The summed E-state index contributed by atoms with van der Waals surface area (Å²) in [7, 11) is 0. The SMILES string of the molecule is CCCCC(N)c1ncc(-c2ccc(Br)cc2)[nH]1. The lowest BCUT2D eigenvalue weighted by Gasteiger charge is -2.07. The van der Waals surface area contributed by atoms with Crippen molar-refractivity contribution < 1.29 is 0 Å². The maximum atomic E-state index is 6.10. The van der Waals surface area contributed by atoms with Gasteiger partial charge in [0.1, 0.15) is 5.82 Å². The molecular formula is C14H18BrN3. The Labute approximate surface area is 116 Å². The van der Waals surface area contributed by atoms with Crippen LogP contribution < -0.4 is 5.73 Å². The van der Waals surface area contributed by atoms with Gasteiger partial charge in [0.15, 0.2) is 0 Å². The Balaban J connectivity index is 2.12. The van der Waals surface area contributed by atoms with E-state index in [1.54, 1.807) is 0 Å². The molecule has 0 saturated carbocycles. The average molecular weight is 308 g/mol. The molecule has 1 aromatic carbocycles. The summed E-state index contributed by atoms with van der Waals surface area (Å²) in [5.41, 5.74) is 8.24. The number of nitrogens with two attached hydrogens (primary N) is 1. The summed E-state index contributed by atoms with van der Waals surface area (Å²) in [5, 5.41) is 0. The van der Waals surface area contributed by atoms with Crippen LogP contribution in [-0.4, -0.2) is 9.97 Å². The molecule has 0 aliphatic carbocycles. The molecule has 0 radical (unpaired) electrons. The van der Waals surface area contributed by atoms with Crippen molar-refractivity contribution in [3.05, 3.63) is 40.8 Å². The van der Waals surface area contributed by atoms with Crippen molar-refractivity contribution >= 4 is 15.9 Å². The van der Waals surface area contributed by atoms with Gasteiger partial charge in [0.25, 0.3) is 0 Å². The van der Waals surface area contributed by atoms with Crippen LogP contribution in [0, 0.1) is 0 Å². The molecular weight excluding hydrogens is 290 g/mol. The van der Waals surface area contributed by atoms with Crippen LogP contribution in [0.4, 0.5) is 0 Å². The molecule has 3 nitrogen and oxygen atoms in total. The molecule has 0 aliphatic heterocycles. The van der Waals surface area contributed by atoms with Gasteiger partial charge in [-0.05, 0) is 24.1 Å².